The van der Waals surface area contributed by atoms with Crippen molar-refractivity contribution in [3.05, 3.63) is 16.1 Å². The lowest BCUT2D eigenvalue weighted by atomic mass is 10.6. The van der Waals surface area contributed by atoms with Gasteiger partial charge in [-0.2, -0.15) is 0 Å². The van der Waals surface area contributed by atoms with Gasteiger partial charge >= 0.3 is 5.97 Å². The SMILES string of the molecule is Cc1csc(Cn2nnnc2SCC(=O)O)n1. The fourth-order valence-electron chi connectivity index (χ4n) is 1.13. The van der Waals surface area contributed by atoms with Crippen LogP contribution in [-0.4, -0.2) is 42.0 Å². The summed E-state index contributed by atoms with van der Waals surface area (Å²) < 4.78 is 1.55. The Morgan fingerprint density at radius 3 is 3.12 bits per heavy atom. The Balaban J connectivity index is 2.06. The topological polar surface area (TPSA) is 93.8 Å². The summed E-state index contributed by atoms with van der Waals surface area (Å²) in [6.07, 6.45) is 0. The molecule has 0 saturated carbocycles. The molecule has 0 atom stereocenters. The quantitative estimate of drug-likeness (QED) is 0.798. The number of hydrogen-bond acceptors (Lipinski definition) is 7. The van der Waals surface area contributed by atoms with Crippen LogP contribution in [0.5, 0.6) is 0 Å². The number of thiazole rings is 1. The molecule has 2 rings (SSSR count). The number of carbonyl (C=O) groups is 1. The summed E-state index contributed by atoms with van der Waals surface area (Å²) in [6.45, 7) is 2.38. The molecule has 7 nitrogen and oxygen atoms in total. The molecule has 0 aliphatic carbocycles. The normalized spacial score (nSPS) is 10.6. The van der Waals surface area contributed by atoms with E-state index in [1.165, 1.54) is 11.3 Å². The first-order chi connectivity index (χ1) is 8.15. The second-order valence-corrected chi connectivity index (χ2v) is 5.07. The molecule has 9 heteroatoms. The van der Waals surface area contributed by atoms with Crippen LogP contribution in [0, 0.1) is 6.92 Å². The van der Waals surface area contributed by atoms with Crippen LogP contribution in [0.15, 0.2) is 10.5 Å². The van der Waals surface area contributed by atoms with Crippen molar-refractivity contribution in [2.45, 2.75) is 18.6 Å². The zero-order valence-corrected chi connectivity index (χ0v) is 10.5. The zero-order chi connectivity index (χ0) is 12.3. The van der Waals surface area contributed by atoms with Crippen LogP contribution in [0.4, 0.5) is 0 Å². The summed E-state index contributed by atoms with van der Waals surface area (Å²) >= 11 is 2.62. The Morgan fingerprint density at radius 1 is 1.65 bits per heavy atom. The third kappa shape index (κ3) is 3.24. The molecule has 0 fully saturated rings. The van der Waals surface area contributed by atoms with Crippen LogP contribution in [-0.2, 0) is 11.3 Å². The number of aryl methyl sites for hydroxylation is 1. The largest absolute Gasteiger partial charge is 0.481 e. The molecular formula is C8H9N5O2S2. The number of carboxylic acid groups (broad SMARTS) is 1. The van der Waals surface area contributed by atoms with E-state index in [0.717, 1.165) is 22.5 Å². The number of tetrazole rings is 1. The van der Waals surface area contributed by atoms with Gasteiger partial charge in [0.1, 0.15) is 5.01 Å². The molecule has 1 N–H and O–H groups in total. The number of aliphatic carboxylic acids is 1. The first-order valence-corrected chi connectivity index (χ1v) is 6.53. The van der Waals surface area contributed by atoms with Crippen molar-refractivity contribution in [1.29, 1.82) is 0 Å². The lowest BCUT2D eigenvalue weighted by Crippen LogP contribution is -2.05. The fraction of sp³-hybridized carbons (Fsp3) is 0.375. The molecule has 0 aliphatic heterocycles. The maximum absolute atomic E-state index is 10.5. The molecule has 0 aromatic carbocycles. The van der Waals surface area contributed by atoms with Crippen molar-refractivity contribution in [2.75, 3.05) is 5.75 Å². The van der Waals surface area contributed by atoms with E-state index < -0.39 is 5.97 Å². The standard InChI is InChI=1S/C8H9N5O2S2/c1-5-3-16-6(9-5)2-13-8(10-11-12-13)17-4-7(14)15/h3H,2,4H2,1H3,(H,14,15). The number of rotatable bonds is 5. The van der Waals surface area contributed by atoms with Crippen LogP contribution in [0.3, 0.4) is 0 Å². The smallest absolute Gasteiger partial charge is 0.313 e. The number of thioether (sulfide) groups is 1. The Bertz CT molecular complexity index is 523. The summed E-state index contributed by atoms with van der Waals surface area (Å²) in [5.74, 6) is -0.952. The lowest BCUT2D eigenvalue weighted by Gasteiger charge is -1.99. The fourth-order valence-corrected chi connectivity index (χ4v) is 2.48. The van der Waals surface area contributed by atoms with Gasteiger partial charge in [-0.25, -0.2) is 9.67 Å². The summed E-state index contributed by atoms with van der Waals surface area (Å²) in [4.78, 5) is 14.8. The van der Waals surface area contributed by atoms with Gasteiger partial charge in [0.15, 0.2) is 0 Å². The average molecular weight is 271 g/mol. The molecule has 90 valence electrons. The number of carboxylic acids is 1. The molecule has 0 bridgehead atoms. The van der Waals surface area contributed by atoms with Crippen molar-refractivity contribution in [3.8, 4) is 0 Å². The van der Waals surface area contributed by atoms with Crippen molar-refractivity contribution >= 4 is 29.1 Å². The van der Waals surface area contributed by atoms with Crippen molar-refractivity contribution in [1.82, 2.24) is 25.2 Å². The van der Waals surface area contributed by atoms with Crippen molar-refractivity contribution in [2.24, 2.45) is 0 Å². The van der Waals surface area contributed by atoms with Crippen LogP contribution >= 0.6 is 23.1 Å². The average Bonchev–Trinajstić information content (AvgIpc) is 2.86. The van der Waals surface area contributed by atoms with Crippen LogP contribution in [0.25, 0.3) is 0 Å². The van der Waals surface area contributed by atoms with Gasteiger partial charge in [-0.1, -0.05) is 11.8 Å². The molecule has 17 heavy (non-hydrogen) atoms. The van der Waals surface area contributed by atoms with Crippen molar-refractivity contribution in [3.63, 3.8) is 0 Å². The molecule has 2 aromatic heterocycles. The van der Waals surface area contributed by atoms with Gasteiger partial charge in [-0.15, -0.1) is 16.4 Å². The summed E-state index contributed by atoms with van der Waals surface area (Å²) in [7, 11) is 0. The van der Waals surface area contributed by atoms with Crippen LogP contribution < -0.4 is 0 Å². The van der Waals surface area contributed by atoms with E-state index in [-0.39, 0.29) is 5.75 Å². The third-order valence-corrected chi connectivity index (χ3v) is 3.67. The molecule has 0 aliphatic rings. The van der Waals surface area contributed by atoms with E-state index in [2.05, 4.69) is 20.5 Å². The maximum Gasteiger partial charge on any atom is 0.313 e. The zero-order valence-electron chi connectivity index (χ0n) is 8.90. The first kappa shape index (κ1) is 12.0. The van der Waals surface area contributed by atoms with Gasteiger partial charge in [-0.05, 0) is 17.4 Å². The maximum atomic E-state index is 10.5. The highest BCUT2D eigenvalue weighted by Crippen LogP contribution is 2.16. The van der Waals surface area contributed by atoms with E-state index in [9.17, 15) is 4.79 Å². The third-order valence-electron chi connectivity index (χ3n) is 1.78. The van der Waals surface area contributed by atoms with Gasteiger partial charge in [0.25, 0.3) is 0 Å². The number of hydrogen-bond donors (Lipinski definition) is 1. The van der Waals surface area contributed by atoms with E-state index in [4.69, 9.17) is 5.11 Å². The van der Waals surface area contributed by atoms with Crippen molar-refractivity contribution < 1.29 is 9.90 Å². The summed E-state index contributed by atoms with van der Waals surface area (Å²) in [6, 6.07) is 0. The minimum atomic E-state index is -0.894. The number of nitrogens with zero attached hydrogens (tertiary/aromatic N) is 5. The Hall–Kier alpha value is -1.48. The lowest BCUT2D eigenvalue weighted by molar-refractivity contribution is -0.133. The second kappa shape index (κ2) is 5.23. The highest BCUT2D eigenvalue weighted by atomic mass is 32.2. The predicted octanol–water partition coefficient (Wildman–Crippen LogP) is 0.663. The van der Waals surface area contributed by atoms with Gasteiger partial charge < -0.3 is 5.11 Å². The van der Waals surface area contributed by atoms with E-state index in [1.807, 2.05) is 12.3 Å². The van der Waals surface area contributed by atoms with E-state index >= 15 is 0 Å². The van der Waals surface area contributed by atoms with E-state index in [1.54, 1.807) is 4.68 Å². The molecule has 2 heterocycles. The molecule has 0 spiro atoms. The van der Waals surface area contributed by atoms with Crippen LogP contribution in [0.1, 0.15) is 10.7 Å². The molecule has 0 unspecified atom stereocenters. The molecular weight excluding hydrogens is 262 g/mol. The first-order valence-electron chi connectivity index (χ1n) is 4.67. The summed E-state index contributed by atoms with van der Waals surface area (Å²) in [5, 5.41) is 23.0. The molecule has 0 radical (unpaired) electrons. The Morgan fingerprint density at radius 2 is 2.47 bits per heavy atom. The van der Waals surface area contributed by atoms with Gasteiger partial charge in [-0.3, -0.25) is 4.79 Å². The minimum Gasteiger partial charge on any atom is -0.481 e. The van der Waals surface area contributed by atoms with Crippen LogP contribution in [0.2, 0.25) is 0 Å². The number of aromatic nitrogens is 5. The Labute approximate surface area is 105 Å². The molecule has 2 aromatic rings. The second-order valence-electron chi connectivity index (χ2n) is 3.18. The minimum absolute atomic E-state index is 0.0583. The molecule has 0 amide bonds. The monoisotopic (exact) mass is 271 g/mol. The highest BCUT2D eigenvalue weighted by molar-refractivity contribution is 7.99. The highest BCUT2D eigenvalue weighted by Gasteiger charge is 2.10. The van der Waals surface area contributed by atoms with Gasteiger partial charge in [0, 0.05) is 11.1 Å². The Kier molecular flexibility index (Phi) is 3.69. The van der Waals surface area contributed by atoms with Gasteiger partial charge in [0.2, 0.25) is 5.16 Å². The predicted molar refractivity (Wildman–Crippen MR) is 62.1 cm³/mol. The van der Waals surface area contributed by atoms with Gasteiger partial charge in [0.05, 0.1) is 12.3 Å². The molecule has 0 saturated heterocycles. The van der Waals surface area contributed by atoms with E-state index in [0.29, 0.717) is 11.7 Å². The summed E-state index contributed by atoms with van der Waals surface area (Å²) in [5.41, 5.74) is 0.956.